The van der Waals surface area contributed by atoms with Gasteiger partial charge < -0.3 is 35.9 Å². The molecule has 35 heavy (non-hydrogen) atoms. The zero-order valence-electron chi connectivity index (χ0n) is 22.3. The summed E-state index contributed by atoms with van der Waals surface area (Å²) in [5.41, 5.74) is 6.51. The van der Waals surface area contributed by atoms with Crippen molar-refractivity contribution in [2.45, 2.75) is 54.4 Å². The van der Waals surface area contributed by atoms with E-state index in [9.17, 15) is 14.4 Å². The van der Waals surface area contributed by atoms with Crippen molar-refractivity contribution in [1.29, 1.82) is 0 Å². The fourth-order valence-corrected chi connectivity index (χ4v) is 2.37. The van der Waals surface area contributed by atoms with Crippen molar-refractivity contribution >= 4 is 29.1 Å². The smallest absolute Gasteiger partial charge is 0.251 e. The van der Waals surface area contributed by atoms with Gasteiger partial charge in [0.1, 0.15) is 0 Å². The Bertz CT molecular complexity index is 664. The second kappa shape index (κ2) is 24.6. The van der Waals surface area contributed by atoms with Crippen LogP contribution in [0.1, 0.15) is 64.7 Å². The summed E-state index contributed by atoms with van der Waals surface area (Å²) >= 11 is 0. The van der Waals surface area contributed by atoms with E-state index in [1.807, 2.05) is 27.7 Å². The van der Waals surface area contributed by atoms with Gasteiger partial charge in [-0.15, -0.1) is 0 Å². The van der Waals surface area contributed by atoms with Gasteiger partial charge in [0.15, 0.2) is 0 Å². The average molecular weight is 499 g/mol. The van der Waals surface area contributed by atoms with Crippen LogP contribution in [0.25, 0.3) is 0 Å². The minimum Gasteiger partial charge on any atom is -0.378 e. The molecule has 3 amide bonds. The summed E-state index contributed by atoms with van der Waals surface area (Å²) in [6, 6.07) is 4.74. The molecule has 10 heteroatoms. The van der Waals surface area contributed by atoms with E-state index in [0.29, 0.717) is 82.5 Å². The molecule has 0 radical (unpaired) electrons. The highest BCUT2D eigenvalue weighted by molar-refractivity contribution is 6.00. The number of hydrogen-bond donors (Lipinski definition) is 4. The Morgan fingerprint density at radius 2 is 1.14 bits per heavy atom. The molecule has 0 heterocycles. The maximum absolute atomic E-state index is 12.5. The number of amides is 3. The zero-order valence-corrected chi connectivity index (χ0v) is 22.3. The van der Waals surface area contributed by atoms with Gasteiger partial charge in [0.25, 0.3) is 5.91 Å². The van der Waals surface area contributed by atoms with Crippen molar-refractivity contribution in [3.8, 4) is 0 Å². The van der Waals surface area contributed by atoms with E-state index in [-0.39, 0.29) is 17.7 Å². The zero-order chi connectivity index (χ0) is 26.9. The lowest BCUT2D eigenvalue weighted by atomic mass is 10.1. The van der Waals surface area contributed by atoms with Crippen LogP contribution < -0.4 is 21.7 Å². The van der Waals surface area contributed by atoms with Gasteiger partial charge in [0.2, 0.25) is 11.8 Å². The minimum atomic E-state index is -0.337. The molecule has 0 bridgehead atoms. The molecule has 0 unspecified atom stereocenters. The number of hydrogen-bond acceptors (Lipinski definition) is 7. The van der Waals surface area contributed by atoms with Crippen LogP contribution in [-0.2, 0) is 23.8 Å². The van der Waals surface area contributed by atoms with Crippen LogP contribution in [0, 0.1) is 0 Å². The van der Waals surface area contributed by atoms with E-state index in [0.717, 1.165) is 0 Å². The lowest BCUT2D eigenvalue weighted by molar-refractivity contribution is -0.116. The van der Waals surface area contributed by atoms with Gasteiger partial charge in [-0.2, -0.15) is 0 Å². The van der Waals surface area contributed by atoms with E-state index < -0.39 is 0 Å². The van der Waals surface area contributed by atoms with E-state index in [2.05, 4.69) is 16.0 Å². The average Bonchev–Trinajstić information content (AvgIpc) is 2.89. The number of ether oxygens (including phenoxy) is 3. The fourth-order valence-electron chi connectivity index (χ4n) is 2.37. The quantitative estimate of drug-likeness (QED) is 0.257. The van der Waals surface area contributed by atoms with Crippen LogP contribution in [-0.4, -0.2) is 70.5 Å². The first-order valence-corrected chi connectivity index (χ1v) is 12.5. The largest absolute Gasteiger partial charge is 0.378 e. The molecule has 202 valence electrons. The van der Waals surface area contributed by atoms with Gasteiger partial charge in [-0.05, 0) is 18.2 Å². The predicted octanol–water partition coefficient (Wildman–Crippen LogP) is 3.17. The topological polar surface area (TPSA) is 141 Å². The number of benzene rings is 1. The maximum atomic E-state index is 12.5. The van der Waals surface area contributed by atoms with E-state index >= 15 is 0 Å². The van der Waals surface area contributed by atoms with Gasteiger partial charge in [-0.3, -0.25) is 14.4 Å². The summed E-state index contributed by atoms with van der Waals surface area (Å²) in [4.78, 5) is 35.9. The SMILES string of the molecule is CC.CC.CCC(=O)Nc1cc(NC(=O)CC)cc(C(=O)NCCOCCOCCOCCN)c1. The van der Waals surface area contributed by atoms with Crippen molar-refractivity contribution in [1.82, 2.24) is 5.32 Å². The fraction of sp³-hybridized carbons (Fsp3) is 0.640. The van der Waals surface area contributed by atoms with Gasteiger partial charge in [0, 0.05) is 42.9 Å². The van der Waals surface area contributed by atoms with Crippen LogP contribution in [0.2, 0.25) is 0 Å². The lowest BCUT2D eigenvalue weighted by Crippen LogP contribution is -2.28. The van der Waals surface area contributed by atoms with E-state index in [1.54, 1.807) is 32.0 Å². The number of carbonyl (C=O) groups is 3. The van der Waals surface area contributed by atoms with E-state index in [1.165, 1.54) is 0 Å². The minimum absolute atomic E-state index is 0.188. The molecule has 0 saturated carbocycles. The third-order valence-electron chi connectivity index (χ3n) is 3.94. The number of carbonyl (C=O) groups excluding carboxylic acids is 3. The molecular weight excluding hydrogens is 452 g/mol. The number of nitrogens with two attached hydrogens (primary N) is 1. The lowest BCUT2D eigenvalue weighted by Gasteiger charge is -2.12. The Balaban J connectivity index is 0. The Labute approximate surface area is 210 Å². The number of nitrogens with one attached hydrogen (secondary N) is 3. The second-order valence-corrected chi connectivity index (χ2v) is 6.48. The van der Waals surface area contributed by atoms with Gasteiger partial charge >= 0.3 is 0 Å². The number of anilines is 2. The maximum Gasteiger partial charge on any atom is 0.251 e. The highest BCUT2D eigenvalue weighted by atomic mass is 16.5. The monoisotopic (exact) mass is 498 g/mol. The van der Waals surface area contributed by atoms with Gasteiger partial charge in [-0.1, -0.05) is 41.5 Å². The summed E-state index contributed by atoms with van der Waals surface area (Å²) in [5, 5.41) is 8.16. The first-order chi connectivity index (χ1) is 17.0. The van der Waals surface area contributed by atoms with Crippen molar-refractivity contribution in [3.63, 3.8) is 0 Å². The summed E-state index contributed by atoms with van der Waals surface area (Å²) in [6.45, 7) is 14.9. The normalized spacial score (nSPS) is 9.69. The van der Waals surface area contributed by atoms with Crippen LogP contribution in [0.5, 0.6) is 0 Å². The summed E-state index contributed by atoms with van der Waals surface area (Å²) in [6.07, 6.45) is 0.601. The predicted molar refractivity (Wildman–Crippen MR) is 141 cm³/mol. The summed E-state index contributed by atoms with van der Waals surface area (Å²) in [7, 11) is 0. The summed E-state index contributed by atoms with van der Waals surface area (Å²) in [5.74, 6) is -0.713. The molecule has 0 saturated heterocycles. The third-order valence-corrected chi connectivity index (χ3v) is 3.94. The highest BCUT2D eigenvalue weighted by Crippen LogP contribution is 2.20. The van der Waals surface area contributed by atoms with Crippen molar-refractivity contribution in [2.75, 3.05) is 63.4 Å². The highest BCUT2D eigenvalue weighted by Gasteiger charge is 2.11. The standard InChI is InChI=1S/C21H34N4O6.2C2H6/c1-3-19(26)24-17-13-16(14-18(15-17)25-20(27)4-2)21(28)23-6-8-30-10-12-31-11-9-29-7-5-22;2*1-2/h13-15H,3-12,22H2,1-2H3,(H,23,28)(H,24,26)(H,25,27);2*1-2H3. The van der Waals surface area contributed by atoms with Gasteiger partial charge in [-0.25, -0.2) is 0 Å². The first kappa shape index (κ1) is 34.6. The molecule has 5 N–H and O–H groups in total. The summed E-state index contributed by atoms with van der Waals surface area (Å²) < 4.78 is 15.9. The second-order valence-electron chi connectivity index (χ2n) is 6.48. The van der Waals surface area contributed by atoms with E-state index in [4.69, 9.17) is 19.9 Å². The molecular formula is C25H46N4O6. The first-order valence-electron chi connectivity index (χ1n) is 12.5. The molecule has 10 nitrogen and oxygen atoms in total. The Morgan fingerprint density at radius 3 is 1.57 bits per heavy atom. The molecule has 0 fully saturated rings. The van der Waals surface area contributed by atoms with Crippen LogP contribution in [0.3, 0.4) is 0 Å². The third kappa shape index (κ3) is 18.5. The molecule has 0 atom stereocenters. The van der Waals surface area contributed by atoms with Crippen LogP contribution in [0.4, 0.5) is 11.4 Å². The van der Waals surface area contributed by atoms with Gasteiger partial charge in [0.05, 0.1) is 39.6 Å². The molecule has 0 aromatic heterocycles. The molecule has 1 aromatic rings. The van der Waals surface area contributed by atoms with Crippen molar-refractivity contribution in [3.05, 3.63) is 23.8 Å². The Kier molecular flexibility index (Phi) is 24.3. The van der Waals surface area contributed by atoms with Crippen molar-refractivity contribution < 1.29 is 28.6 Å². The van der Waals surface area contributed by atoms with Crippen molar-refractivity contribution in [2.24, 2.45) is 5.73 Å². The number of rotatable bonds is 16. The molecule has 1 aromatic carbocycles. The Morgan fingerprint density at radius 1 is 0.714 bits per heavy atom. The van der Waals surface area contributed by atoms with Crippen LogP contribution >= 0.6 is 0 Å². The molecule has 1 rings (SSSR count). The molecule has 0 spiro atoms. The Hall–Kier alpha value is -2.53. The van der Waals surface area contributed by atoms with Crippen LogP contribution in [0.15, 0.2) is 18.2 Å². The molecule has 0 aliphatic rings. The molecule has 0 aliphatic carbocycles. The molecule has 0 aliphatic heterocycles.